The molecule has 0 amide bonds. The maximum Gasteiger partial charge on any atom is 0.130 e. The molecule has 15 heavy (non-hydrogen) atoms. The van der Waals surface area contributed by atoms with E-state index >= 15 is 0 Å². The zero-order chi connectivity index (χ0) is 11.4. The lowest BCUT2D eigenvalue weighted by atomic mass is 9.85. The van der Waals surface area contributed by atoms with Gasteiger partial charge in [0.2, 0.25) is 0 Å². The van der Waals surface area contributed by atoms with Crippen molar-refractivity contribution in [3.8, 4) is 0 Å². The van der Waals surface area contributed by atoms with Gasteiger partial charge in [-0.1, -0.05) is 13.8 Å². The van der Waals surface area contributed by atoms with Gasteiger partial charge in [0.1, 0.15) is 11.6 Å². The molecule has 1 aliphatic carbocycles. The van der Waals surface area contributed by atoms with E-state index in [1.165, 1.54) is 0 Å². The molecule has 1 atom stereocenters. The molecule has 82 valence electrons. The molecule has 0 spiro atoms. The fraction of sp³-hybridized carbons (Fsp3) is 0.500. The van der Waals surface area contributed by atoms with Crippen molar-refractivity contribution in [3.63, 3.8) is 0 Å². The second-order valence-corrected chi connectivity index (χ2v) is 4.95. The summed E-state index contributed by atoms with van der Waals surface area (Å²) in [5.74, 6) is -0.967. The molecular formula is C12H15F2N. The summed E-state index contributed by atoms with van der Waals surface area (Å²) in [6, 6.07) is 0.716. The first-order valence-corrected chi connectivity index (χ1v) is 5.09. The molecule has 0 saturated heterocycles. The molecule has 0 saturated carbocycles. The smallest absolute Gasteiger partial charge is 0.130 e. The number of hydrogen-bond donors (Lipinski definition) is 1. The zero-order valence-electron chi connectivity index (χ0n) is 9.20. The molecule has 1 nitrogen and oxygen atoms in total. The Labute approximate surface area is 88.3 Å². The molecule has 3 heteroatoms. The van der Waals surface area contributed by atoms with Gasteiger partial charge < -0.3 is 5.73 Å². The molecule has 0 aromatic heterocycles. The van der Waals surface area contributed by atoms with Crippen LogP contribution in [0.3, 0.4) is 0 Å². The average molecular weight is 211 g/mol. The Morgan fingerprint density at radius 3 is 2.53 bits per heavy atom. The van der Waals surface area contributed by atoms with Crippen molar-refractivity contribution in [2.24, 2.45) is 5.73 Å². The summed E-state index contributed by atoms with van der Waals surface area (Å²) in [5.41, 5.74) is 7.38. The topological polar surface area (TPSA) is 26.0 Å². The number of hydrogen-bond acceptors (Lipinski definition) is 1. The van der Waals surface area contributed by atoms with Gasteiger partial charge in [0.15, 0.2) is 0 Å². The van der Waals surface area contributed by atoms with Gasteiger partial charge in [0.25, 0.3) is 0 Å². The molecule has 0 aliphatic heterocycles. The molecule has 0 fully saturated rings. The Morgan fingerprint density at radius 2 is 1.93 bits per heavy atom. The highest BCUT2D eigenvalue weighted by atomic mass is 19.1. The predicted octanol–water partition coefficient (Wildman–Crippen LogP) is 2.95. The van der Waals surface area contributed by atoms with Gasteiger partial charge in [0, 0.05) is 12.1 Å². The second-order valence-electron chi connectivity index (χ2n) is 4.95. The van der Waals surface area contributed by atoms with E-state index in [0.29, 0.717) is 23.1 Å². The fourth-order valence-corrected chi connectivity index (χ4v) is 2.64. The van der Waals surface area contributed by atoms with Crippen molar-refractivity contribution < 1.29 is 8.78 Å². The summed E-state index contributed by atoms with van der Waals surface area (Å²) in [6.07, 6.45) is 0.670. The molecule has 2 N–H and O–H groups in total. The third-order valence-electron chi connectivity index (χ3n) is 3.30. The van der Waals surface area contributed by atoms with Gasteiger partial charge in [-0.05, 0) is 35.4 Å². The third-order valence-corrected chi connectivity index (χ3v) is 3.30. The van der Waals surface area contributed by atoms with Gasteiger partial charge in [0.05, 0.1) is 0 Å². The SMILES string of the molecule is Cc1c(F)cc(F)c2c1[C@H](N)CC2(C)C. The van der Waals surface area contributed by atoms with Crippen LogP contribution in [0.25, 0.3) is 0 Å². The average Bonchev–Trinajstić information content (AvgIpc) is 2.32. The minimum absolute atomic E-state index is 0.250. The lowest BCUT2D eigenvalue weighted by Crippen LogP contribution is -2.15. The summed E-state index contributed by atoms with van der Waals surface area (Å²) in [4.78, 5) is 0. The van der Waals surface area contributed by atoms with E-state index < -0.39 is 11.6 Å². The molecule has 1 aliphatic rings. The highest BCUT2D eigenvalue weighted by molar-refractivity contribution is 5.47. The Bertz CT molecular complexity index is 424. The maximum absolute atomic E-state index is 13.7. The predicted molar refractivity (Wildman–Crippen MR) is 55.7 cm³/mol. The van der Waals surface area contributed by atoms with Crippen LogP contribution in [0.1, 0.15) is 43.0 Å². The van der Waals surface area contributed by atoms with Crippen molar-refractivity contribution in [3.05, 3.63) is 34.4 Å². The molecule has 0 radical (unpaired) electrons. The quantitative estimate of drug-likeness (QED) is 0.701. The van der Waals surface area contributed by atoms with Crippen LogP contribution in [0, 0.1) is 18.6 Å². The van der Waals surface area contributed by atoms with Crippen LogP contribution < -0.4 is 5.73 Å². The van der Waals surface area contributed by atoms with E-state index in [2.05, 4.69) is 0 Å². The van der Waals surface area contributed by atoms with Crippen molar-refractivity contribution in [1.82, 2.24) is 0 Å². The van der Waals surface area contributed by atoms with E-state index in [4.69, 9.17) is 5.73 Å². The van der Waals surface area contributed by atoms with Gasteiger partial charge in [-0.2, -0.15) is 0 Å². The number of fused-ring (bicyclic) bond motifs is 1. The van der Waals surface area contributed by atoms with E-state index in [1.807, 2.05) is 13.8 Å². The molecule has 2 rings (SSSR count). The molecule has 0 bridgehead atoms. The van der Waals surface area contributed by atoms with E-state index in [9.17, 15) is 8.78 Å². The monoisotopic (exact) mass is 211 g/mol. The lowest BCUT2D eigenvalue weighted by molar-refractivity contribution is 0.460. The van der Waals surface area contributed by atoms with Crippen LogP contribution in [0.4, 0.5) is 8.78 Å². The van der Waals surface area contributed by atoms with Crippen molar-refractivity contribution >= 4 is 0 Å². The van der Waals surface area contributed by atoms with Crippen LogP contribution >= 0.6 is 0 Å². The summed E-state index contributed by atoms with van der Waals surface area (Å²) < 4.78 is 27.1. The number of nitrogens with two attached hydrogens (primary N) is 1. The maximum atomic E-state index is 13.7. The highest BCUT2D eigenvalue weighted by Gasteiger charge is 2.39. The molecular weight excluding hydrogens is 196 g/mol. The van der Waals surface area contributed by atoms with Crippen molar-refractivity contribution in [2.75, 3.05) is 0 Å². The van der Waals surface area contributed by atoms with E-state index in [-0.39, 0.29) is 11.5 Å². The van der Waals surface area contributed by atoms with Crippen LogP contribution in [0.15, 0.2) is 6.07 Å². The number of halogens is 2. The van der Waals surface area contributed by atoms with Crippen LogP contribution in [0.5, 0.6) is 0 Å². The molecule has 1 aromatic carbocycles. The summed E-state index contributed by atoms with van der Waals surface area (Å²) in [5, 5.41) is 0. The lowest BCUT2D eigenvalue weighted by Gasteiger charge is -2.19. The standard InChI is InChI=1S/C12H15F2N/c1-6-7(13)4-8(14)11-10(6)9(15)5-12(11,2)3/h4,9H,5,15H2,1-3H3/t9-/m1/s1. The minimum Gasteiger partial charge on any atom is -0.324 e. The Morgan fingerprint density at radius 1 is 1.33 bits per heavy atom. The normalized spacial score (nSPS) is 22.9. The number of benzene rings is 1. The Hall–Kier alpha value is -0.960. The Kier molecular flexibility index (Phi) is 2.12. The van der Waals surface area contributed by atoms with Gasteiger partial charge in [-0.15, -0.1) is 0 Å². The van der Waals surface area contributed by atoms with Crippen LogP contribution in [0.2, 0.25) is 0 Å². The van der Waals surface area contributed by atoms with Crippen LogP contribution in [-0.2, 0) is 5.41 Å². The van der Waals surface area contributed by atoms with E-state index in [1.54, 1.807) is 6.92 Å². The molecule has 1 aromatic rings. The first-order valence-electron chi connectivity index (χ1n) is 5.09. The third kappa shape index (κ3) is 1.37. The largest absolute Gasteiger partial charge is 0.324 e. The second kappa shape index (κ2) is 3.01. The minimum atomic E-state index is -0.501. The number of rotatable bonds is 0. The van der Waals surface area contributed by atoms with Gasteiger partial charge in [-0.3, -0.25) is 0 Å². The zero-order valence-corrected chi connectivity index (χ0v) is 9.20. The molecule has 0 unspecified atom stereocenters. The summed E-state index contributed by atoms with van der Waals surface area (Å²) >= 11 is 0. The first kappa shape index (κ1) is 10.6. The summed E-state index contributed by atoms with van der Waals surface area (Å²) in [7, 11) is 0. The van der Waals surface area contributed by atoms with Gasteiger partial charge >= 0.3 is 0 Å². The van der Waals surface area contributed by atoms with Crippen LogP contribution in [-0.4, -0.2) is 0 Å². The highest BCUT2D eigenvalue weighted by Crippen LogP contribution is 2.46. The van der Waals surface area contributed by atoms with Crippen molar-refractivity contribution in [1.29, 1.82) is 0 Å². The van der Waals surface area contributed by atoms with Crippen molar-refractivity contribution in [2.45, 2.75) is 38.6 Å². The fourth-order valence-electron chi connectivity index (χ4n) is 2.64. The van der Waals surface area contributed by atoms with Gasteiger partial charge in [-0.25, -0.2) is 8.78 Å². The van der Waals surface area contributed by atoms with E-state index in [0.717, 1.165) is 6.07 Å². The first-order chi connectivity index (χ1) is 6.84. The Balaban J connectivity index is 2.78. The molecule has 0 heterocycles. The summed E-state index contributed by atoms with van der Waals surface area (Å²) in [6.45, 7) is 5.55.